The van der Waals surface area contributed by atoms with Crippen molar-refractivity contribution in [2.24, 2.45) is 0 Å². The Balaban J connectivity index is 1.52. The zero-order chi connectivity index (χ0) is 17.5. The minimum atomic E-state index is 0.0411. The zero-order valence-corrected chi connectivity index (χ0v) is 14.8. The van der Waals surface area contributed by atoms with E-state index in [1.54, 1.807) is 12.3 Å². The van der Waals surface area contributed by atoms with Gasteiger partial charge >= 0.3 is 0 Å². The quantitative estimate of drug-likeness (QED) is 0.805. The third-order valence-electron chi connectivity index (χ3n) is 4.26. The van der Waals surface area contributed by atoms with Crippen LogP contribution in [0.15, 0.2) is 48.8 Å². The first kappa shape index (κ1) is 17.7. The number of pyridine rings is 1. The topological polar surface area (TPSA) is 54.5 Å². The van der Waals surface area contributed by atoms with Gasteiger partial charge in [-0.05, 0) is 30.2 Å². The van der Waals surface area contributed by atoms with Crippen molar-refractivity contribution in [1.82, 2.24) is 15.2 Å². The van der Waals surface area contributed by atoms with Gasteiger partial charge in [0.15, 0.2) is 0 Å². The maximum Gasteiger partial charge on any atom is 0.223 e. The molecule has 1 unspecified atom stereocenters. The average Bonchev–Trinajstić information content (AvgIpc) is 2.67. The first-order chi connectivity index (χ1) is 12.3. The number of para-hydroxylation sites is 1. The number of ether oxygens (including phenoxy) is 1. The van der Waals surface area contributed by atoms with E-state index in [1.165, 1.54) is 0 Å². The van der Waals surface area contributed by atoms with E-state index in [9.17, 15) is 4.79 Å². The van der Waals surface area contributed by atoms with Crippen molar-refractivity contribution in [2.45, 2.75) is 18.9 Å². The molecule has 2 aromatic rings. The first-order valence-electron chi connectivity index (χ1n) is 8.53. The molecular formula is C19H22ClN3O2. The molecule has 0 saturated carbocycles. The second-order valence-corrected chi connectivity index (χ2v) is 6.38. The van der Waals surface area contributed by atoms with E-state index < -0.39 is 0 Å². The molecule has 0 aliphatic carbocycles. The summed E-state index contributed by atoms with van der Waals surface area (Å²) in [6.45, 7) is 2.76. The molecule has 25 heavy (non-hydrogen) atoms. The highest BCUT2D eigenvalue weighted by Crippen LogP contribution is 2.24. The number of nitrogens with zero attached hydrogens (tertiary/aromatic N) is 2. The number of halogens is 1. The lowest BCUT2D eigenvalue weighted by molar-refractivity contribution is -0.134. The SMILES string of the molecule is O=C(CCCOc1ccccc1Cl)N1CCNCC1c1cccnc1. The van der Waals surface area contributed by atoms with Gasteiger partial charge in [0.2, 0.25) is 5.91 Å². The maximum absolute atomic E-state index is 12.7. The van der Waals surface area contributed by atoms with Crippen molar-refractivity contribution < 1.29 is 9.53 Å². The lowest BCUT2D eigenvalue weighted by atomic mass is 10.0. The molecule has 1 aliphatic heterocycles. The number of aromatic nitrogens is 1. The molecule has 0 spiro atoms. The Kier molecular flexibility index (Phi) is 6.25. The Hall–Kier alpha value is -2.11. The number of hydrogen-bond acceptors (Lipinski definition) is 4. The fraction of sp³-hybridized carbons (Fsp3) is 0.368. The Labute approximate surface area is 153 Å². The van der Waals surface area contributed by atoms with E-state index in [1.807, 2.05) is 41.4 Å². The van der Waals surface area contributed by atoms with Gasteiger partial charge in [0, 0.05) is 38.4 Å². The summed E-state index contributed by atoms with van der Waals surface area (Å²) in [6, 6.07) is 11.3. The summed E-state index contributed by atoms with van der Waals surface area (Å²) in [4.78, 5) is 18.8. The van der Waals surface area contributed by atoms with Gasteiger partial charge < -0.3 is 15.0 Å². The number of piperazine rings is 1. The van der Waals surface area contributed by atoms with Crippen molar-refractivity contribution in [3.63, 3.8) is 0 Å². The van der Waals surface area contributed by atoms with Crippen LogP contribution in [0.5, 0.6) is 5.75 Å². The number of rotatable bonds is 6. The van der Waals surface area contributed by atoms with Crippen LogP contribution < -0.4 is 10.1 Å². The van der Waals surface area contributed by atoms with Crippen molar-refractivity contribution in [2.75, 3.05) is 26.2 Å². The number of carbonyl (C=O) groups excluding carboxylic acids is 1. The molecule has 1 atom stereocenters. The van der Waals surface area contributed by atoms with Gasteiger partial charge in [-0.15, -0.1) is 0 Å². The van der Waals surface area contributed by atoms with Crippen LogP contribution in [0.1, 0.15) is 24.4 Å². The third kappa shape index (κ3) is 4.71. The van der Waals surface area contributed by atoms with Gasteiger partial charge in [0.25, 0.3) is 0 Å². The summed E-state index contributed by atoms with van der Waals surface area (Å²) in [5, 5.41) is 3.94. The minimum absolute atomic E-state index is 0.0411. The van der Waals surface area contributed by atoms with Gasteiger partial charge in [-0.2, -0.15) is 0 Å². The highest BCUT2D eigenvalue weighted by molar-refractivity contribution is 6.32. The van der Waals surface area contributed by atoms with Gasteiger partial charge in [0.1, 0.15) is 5.75 Å². The van der Waals surface area contributed by atoms with Crippen LogP contribution in [0.4, 0.5) is 0 Å². The summed E-state index contributed by atoms with van der Waals surface area (Å²) >= 11 is 6.06. The van der Waals surface area contributed by atoms with E-state index in [-0.39, 0.29) is 11.9 Å². The normalized spacial score (nSPS) is 17.3. The third-order valence-corrected chi connectivity index (χ3v) is 4.57. The molecule has 3 rings (SSSR count). The number of hydrogen-bond donors (Lipinski definition) is 1. The van der Waals surface area contributed by atoms with Crippen LogP contribution in [0, 0.1) is 0 Å². The predicted molar refractivity (Wildman–Crippen MR) is 97.7 cm³/mol. The van der Waals surface area contributed by atoms with Gasteiger partial charge in [-0.1, -0.05) is 29.8 Å². The molecule has 1 N–H and O–H groups in total. The van der Waals surface area contributed by atoms with E-state index in [2.05, 4.69) is 10.3 Å². The number of nitrogens with one attached hydrogen (secondary N) is 1. The molecule has 1 fully saturated rings. The standard InChI is InChI=1S/C19H22ClN3O2/c20-16-6-1-2-7-18(16)25-12-4-8-19(24)23-11-10-22-14-17(23)15-5-3-9-21-13-15/h1-3,5-7,9,13,17,22H,4,8,10-12,14H2. The predicted octanol–water partition coefficient (Wildman–Crippen LogP) is 3.07. The summed E-state index contributed by atoms with van der Waals surface area (Å²) in [6.07, 6.45) is 4.70. The molecule has 1 aromatic carbocycles. The number of amides is 1. The molecule has 0 radical (unpaired) electrons. The van der Waals surface area contributed by atoms with E-state index >= 15 is 0 Å². The fourth-order valence-corrected chi connectivity index (χ4v) is 3.17. The van der Waals surface area contributed by atoms with Crippen LogP contribution in [-0.4, -0.2) is 42.0 Å². The minimum Gasteiger partial charge on any atom is -0.492 e. The van der Waals surface area contributed by atoms with E-state index in [4.69, 9.17) is 16.3 Å². The van der Waals surface area contributed by atoms with Crippen molar-refractivity contribution in [1.29, 1.82) is 0 Å². The highest BCUT2D eigenvalue weighted by atomic mass is 35.5. The Morgan fingerprint density at radius 3 is 3.00 bits per heavy atom. The monoisotopic (exact) mass is 359 g/mol. The molecule has 5 nitrogen and oxygen atoms in total. The molecule has 1 saturated heterocycles. The first-order valence-corrected chi connectivity index (χ1v) is 8.91. The van der Waals surface area contributed by atoms with Crippen molar-refractivity contribution >= 4 is 17.5 Å². The van der Waals surface area contributed by atoms with Crippen molar-refractivity contribution in [3.8, 4) is 5.75 Å². The van der Waals surface area contributed by atoms with Crippen LogP contribution >= 0.6 is 11.6 Å². The molecule has 132 valence electrons. The molecule has 6 heteroatoms. The smallest absolute Gasteiger partial charge is 0.223 e. The maximum atomic E-state index is 12.7. The largest absolute Gasteiger partial charge is 0.492 e. The number of benzene rings is 1. The summed E-state index contributed by atoms with van der Waals surface area (Å²) < 4.78 is 5.66. The summed E-state index contributed by atoms with van der Waals surface area (Å²) in [5.41, 5.74) is 1.07. The summed E-state index contributed by atoms with van der Waals surface area (Å²) in [7, 11) is 0. The lowest BCUT2D eigenvalue weighted by Crippen LogP contribution is -2.48. The summed E-state index contributed by atoms with van der Waals surface area (Å²) in [5.74, 6) is 0.810. The van der Waals surface area contributed by atoms with E-state index in [0.29, 0.717) is 36.8 Å². The lowest BCUT2D eigenvalue weighted by Gasteiger charge is -2.36. The Morgan fingerprint density at radius 1 is 1.32 bits per heavy atom. The molecule has 1 aromatic heterocycles. The van der Waals surface area contributed by atoms with Gasteiger partial charge in [-0.25, -0.2) is 0 Å². The zero-order valence-electron chi connectivity index (χ0n) is 14.0. The van der Waals surface area contributed by atoms with Gasteiger partial charge in [-0.3, -0.25) is 9.78 Å². The van der Waals surface area contributed by atoms with E-state index in [0.717, 1.165) is 18.7 Å². The molecular weight excluding hydrogens is 338 g/mol. The Bertz CT molecular complexity index is 696. The molecule has 0 bridgehead atoms. The second kappa shape index (κ2) is 8.83. The molecule has 1 amide bonds. The second-order valence-electron chi connectivity index (χ2n) is 5.98. The molecule has 1 aliphatic rings. The van der Waals surface area contributed by atoms with Crippen LogP contribution in [0.3, 0.4) is 0 Å². The number of carbonyl (C=O) groups is 1. The average molecular weight is 360 g/mol. The fourth-order valence-electron chi connectivity index (χ4n) is 2.98. The molecule has 2 heterocycles. The van der Waals surface area contributed by atoms with Crippen LogP contribution in [0.2, 0.25) is 5.02 Å². The van der Waals surface area contributed by atoms with Crippen molar-refractivity contribution in [3.05, 3.63) is 59.4 Å². The Morgan fingerprint density at radius 2 is 2.20 bits per heavy atom. The van der Waals surface area contributed by atoms with Crippen LogP contribution in [0.25, 0.3) is 0 Å². The van der Waals surface area contributed by atoms with Crippen LogP contribution in [-0.2, 0) is 4.79 Å². The highest BCUT2D eigenvalue weighted by Gasteiger charge is 2.27. The van der Waals surface area contributed by atoms with Gasteiger partial charge in [0.05, 0.1) is 17.7 Å².